The zero-order valence-corrected chi connectivity index (χ0v) is 37.4. The van der Waals surface area contributed by atoms with Crippen molar-refractivity contribution >= 4 is 88.1 Å². The molecule has 2 saturated heterocycles. The Morgan fingerprint density at radius 3 is 2.39 bits per heavy atom. The molecule has 0 saturated carbocycles. The van der Waals surface area contributed by atoms with Crippen molar-refractivity contribution in [2.24, 2.45) is 0 Å². The van der Waals surface area contributed by atoms with E-state index in [1.165, 1.54) is 6.20 Å². The number of nitrogens with one attached hydrogen (secondary N) is 5. The average molecular weight is 916 g/mol. The summed E-state index contributed by atoms with van der Waals surface area (Å²) < 4.78 is 29.9. The van der Waals surface area contributed by atoms with E-state index in [4.69, 9.17) is 25.8 Å². The van der Waals surface area contributed by atoms with E-state index in [1.807, 2.05) is 42.5 Å². The third-order valence-corrected chi connectivity index (χ3v) is 12.8. The predicted molar refractivity (Wildman–Crippen MR) is 243 cm³/mol. The van der Waals surface area contributed by atoms with E-state index in [0.717, 1.165) is 36.5 Å². The minimum atomic E-state index is -2.57. The first-order valence-corrected chi connectivity index (χ1v) is 24.0. The number of ether oxygens (including phenoxy) is 3. The number of methoxy groups -OCH3 is 1. The van der Waals surface area contributed by atoms with Crippen LogP contribution in [-0.2, 0) is 28.4 Å². The number of carbonyl (C=O) groups excluding carboxylic acids is 5. The van der Waals surface area contributed by atoms with Crippen LogP contribution in [0.4, 0.5) is 34.5 Å². The van der Waals surface area contributed by atoms with Crippen molar-refractivity contribution in [1.82, 2.24) is 25.5 Å². The van der Waals surface area contributed by atoms with E-state index in [-0.39, 0.29) is 55.6 Å². The van der Waals surface area contributed by atoms with E-state index < -0.39 is 36.8 Å². The number of para-hydroxylation sites is 1. The molecule has 1 atom stereocenters. The molecule has 3 aliphatic heterocycles. The SMILES string of the molecule is COc1cc(N2CCC(NC(=O)CCOCCOCCNc3cccc4c3C(=O)N(C3CCC(=O)NC3=O)C4=O)CC2)ccc1Nc1ncc(Cl)c(Nc2ccccc2P(C)(C)=O)n1. The molecule has 0 radical (unpaired) electrons. The lowest BCUT2D eigenvalue weighted by Gasteiger charge is -2.34. The van der Waals surface area contributed by atoms with E-state index >= 15 is 0 Å². The molecule has 1 unspecified atom stereocenters. The Kier molecular flexibility index (Phi) is 14.8. The van der Waals surface area contributed by atoms with Crippen molar-refractivity contribution in [3.8, 4) is 5.75 Å². The maximum atomic E-state index is 13.3. The summed E-state index contributed by atoms with van der Waals surface area (Å²) in [4.78, 5) is 75.1. The van der Waals surface area contributed by atoms with Gasteiger partial charge in [-0.2, -0.15) is 4.98 Å². The molecule has 7 rings (SSSR count). The van der Waals surface area contributed by atoms with Gasteiger partial charge in [-0.15, -0.1) is 0 Å². The van der Waals surface area contributed by atoms with Gasteiger partial charge in [-0.1, -0.05) is 29.8 Å². The Labute approximate surface area is 375 Å². The molecule has 1 aromatic heterocycles. The van der Waals surface area contributed by atoms with Gasteiger partial charge in [0.2, 0.25) is 23.7 Å². The minimum absolute atomic E-state index is 0.0422. The normalized spacial score (nSPS) is 16.7. The van der Waals surface area contributed by atoms with Crippen molar-refractivity contribution < 1.29 is 42.7 Å². The summed E-state index contributed by atoms with van der Waals surface area (Å²) >= 11 is 6.45. The van der Waals surface area contributed by atoms with Crippen LogP contribution in [0.2, 0.25) is 5.02 Å². The van der Waals surface area contributed by atoms with E-state index in [1.54, 1.807) is 38.6 Å². The fraction of sp³-hybridized carbons (Fsp3) is 0.386. The second kappa shape index (κ2) is 20.6. The number of fused-ring (bicyclic) bond motifs is 1. The van der Waals surface area contributed by atoms with Gasteiger partial charge in [-0.05, 0) is 69.0 Å². The Balaban J connectivity index is 0.787. The van der Waals surface area contributed by atoms with Crippen LogP contribution in [-0.4, -0.2) is 123 Å². The highest BCUT2D eigenvalue weighted by atomic mass is 35.5. The van der Waals surface area contributed by atoms with E-state index in [2.05, 4.69) is 41.5 Å². The van der Waals surface area contributed by atoms with Crippen LogP contribution in [0, 0.1) is 0 Å². The molecule has 4 aromatic rings. The fourth-order valence-corrected chi connectivity index (χ4v) is 9.07. The molecule has 0 bridgehead atoms. The molecule has 2 fully saturated rings. The lowest BCUT2D eigenvalue weighted by atomic mass is 10.0. The molecule has 338 valence electrons. The standard InChI is InChI=1S/C44H51ClN9O9P/c1-61-35-25-28(11-12-31(35)50-44-47-26-30(45)40(52-44)49-32-8-4-5-10-36(32)64(2,3)60)53-19-15-27(16-20-53)48-38(56)17-21-62-23-24-63-22-18-46-33-9-6-7-29-39(33)43(59)54(42(29)58)34-13-14-37(55)51-41(34)57/h4-12,25-27,34,46H,13-24H2,1-3H3,(H,48,56)(H,51,55,57)(H2,47,49,50,52). The smallest absolute Gasteiger partial charge is 0.264 e. The van der Waals surface area contributed by atoms with Crippen LogP contribution in [0.1, 0.15) is 52.8 Å². The number of hydrogen-bond donors (Lipinski definition) is 5. The number of anilines is 6. The summed E-state index contributed by atoms with van der Waals surface area (Å²) in [7, 11) is -0.976. The quantitative estimate of drug-likeness (QED) is 0.0480. The topological polar surface area (TPSA) is 223 Å². The number of aromatic nitrogens is 2. The van der Waals surface area contributed by atoms with E-state index in [0.29, 0.717) is 64.7 Å². The number of halogens is 1. The fourth-order valence-electron chi connectivity index (χ4n) is 7.78. The first-order chi connectivity index (χ1) is 30.8. The number of imide groups is 2. The van der Waals surface area contributed by atoms with Crippen LogP contribution in [0.25, 0.3) is 0 Å². The van der Waals surface area contributed by atoms with Gasteiger partial charge in [-0.25, -0.2) is 4.98 Å². The van der Waals surface area contributed by atoms with E-state index in [9.17, 15) is 28.5 Å². The van der Waals surface area contributed by atoms with Crippen molar-refractivity contribution in [3.05, 3.63) is 83.0 Å². The minimum Gasteiger partial charge on any atom is -0.494 e. The van der Waals surface area contributed by atoms with Crippen LogP contribution >= 0.6 is 18.7 Å². The molecule has 3 aliphatic rings. The number of piperidine rings is 2. The molecule has 64 heavy (non-hydrogen) atoms. The highest BCUT2D eigenvalue weighted by molar-refractivity contribution is 7.70. The Bertz CT molecular complexity index is 2460. The Hall–Kier alpha value is -6.07. The molecular formula is C44H51ClN9O9P. The van der Waals surface area contributed by atoms with Gasteiger partial charge >= 0.3 is 0 Å². The second-order valence-corrected chi connectivity index (χ2v) is 19.4. The van der Waals surface area contributed by atoms with Gasteiger partial charge in [0.1, 0.15) is 24.0 Å². The molecule has 18 nitrogen and oxygen atoms in total. The molecule has 5 amide bonds. The van der Waals surface area contributed by atoms with Crippen molar-refractivity contribution in [3.63, 3.8) is 0 Å². The largest absolute Gasteiger partial charge is 0.494 e. The summed E-state index contributed by atoms with van der Waals surface area (Å²) in [6.45, 7) is 6.37. The maximum Gasteiger partial charge on any atom is 0.264 e. The zero-order valence-electron chi connectivity index (χ0n) is 35.8. The molecular weight excluding hydrogens is 865 g/mol. The predicted octanol–water partition coefficient (Wildman–Crippen LogP) is 4.90. The van der Waals surface area contributed by atoms with Crippen LogP contribution in [0.3, 0.4) is 0 Å². The number of rotatable bonds is 19. The Morgan fingerprint density at radius 2 is 1.64 bits per heavy atom. The van der Waals surface area contributed by atoms with Crippen molar-refractivity contribution in [2.45, 2.75) is 44.2 Å². The van der Waals surface area contributed by atoms with Crippen LogP contribution in [0.15, 0.2) is 66.9 Å². The van der Waals surface area contributed by atoms with Crippen LogP contribution < -0.4 is 41.5 Å². The number of amides is 5. The second-order valence-electron chi connectivity index (χ2n) is 15.8. The van der Waals surface area contributed by atoms with Crippen LogP contribution in [0.5, 0.6) is 5.75 Å². The van der Waals surface area contributed by atoms with Gasteiger partial charge < -0.3 is 44.9 Å². The van der Waals surface area contributed by atoms with Gasteiger partial charge in [-0.3, -0.25) is 34.2 Å². The maximum absolute atomic E-state index is 13.3. The number of carbonyl (C=O) groups is 5. The summed E-state index contributed by atoms with van der Waals surface area (Å²) in [6, 6.07) is 17.1. The highest BCUT2D eigenvalue weighted by Gasteiger charge is 2.45. The van der Waals surface area contributed by atoms with Gasteiger partial charge in [0.25, 0.3) is 11.8 Å². The third kappa shape index (κ3) is 11.0. The summed E-state index contributed by atoms with van der Waals surface area (Å²) in [5.74, 6) is -1.06. The molecule has 4 heterocycles. The zero-order chi connectivity index (χ0) is 45.4. The number of benzene rings is 3. The first kappa shape index (κ1) is 45.9. The first-order valence-electron chi connectivity index (χ1n) is 21.0. The van der Waals surface area contributed by atoms with Gasteiger partial charge in [0, 0.05) is 61.3 Å². The highest BCUT2D eigenvalue weighted by Crippen LogP contribution is 2.39. The van der Waals surface area contributed by atoms with Crippen molar-refractivity contribution in [2.75, 3.05) is 87.4 Å². The molecule has 20 heteroatoms. The molecule has 5 N–H and O–H groups in total. The molecule has 3 aromatic carbocycles. The lowest BCUT2D eigenvalue weighted by molar-refractivity contribution is -0.136. The van der Waals surface area contributed by atoms with Gasteiger partial charge in [0.15, 0.2) is 5.82 Å². The average Bonchev–Trinajstić information content (AvgIpc) is 3.53. The van der Waals surface area contributed by atoms with Gasteiger partial charge in [0.05, 0.1) is 62.2 Å². The lowest BCUT2D eigenvalue weighted by Crippen LogP contribution is -2.54. The number of hydrogen-bond acceptors (Lipinski definition) is 15. The monoisotopic (exact) mass is 915 g/mol. The summed E-state index contributed by atoms with van der Waals surface area (Å²) in [6.07, 6.45) is 3.39. The third-order valence-electron chi connectivity index (χ3n) is 11.0. The number of nitrogens with zero attached hydrogens (tertiary/aromatic N) is 4. The molecule has 0 aliphatic carbocycles. The molecule has 0 spiro atoms. The summed E-state index contributed by atoms with van der Waals surface area (Å²) in [5.41, 5.74) is 3.13. The van der Waals surface area contributed by atoms with Crippen molar-refractivity contribution in [1.29, 1.82) is 0 Å². The summed E-state index contributed by atoms with van der Waals surface area (Å²) in [5, 5.41) is 15.9. The Morgan fingerprint density at radius 1 is 0.891 bits per heavy atom.